The normalized spacial score (nSPS) is 12.6. The number of nitrogens with one attached hydrogen (secondary N) is 1. The van der Waals surface area contributed by atoms with Crippen molar-refractivity contribution in [3.8, 4) is 0 Å². The predicted octanol–water partition coefficient (Wildman–Crippen LogP) is 2.33. The molecule has 2 N–H and O–H groups in total. The quantitative estimate of drug-likeness (QED) is 0.814. The van der Waals surface area contributed by atoms with Gasteiger partial charge in [0, 0.05) is 37.5 Å². The molecule has 108 valence electrons. The Hall–Kier alpha value is -1.65. The van der Waals surface area contributed by atoms with Crippen molar-refractivity contribution in [3.05, 3.63) is 53.3 Å². The molecule has 0 saturated carbocycles. The van der Waals surface area contributed by atoms with Crippen LogP contribution in [0.15, 0.2) is 36.5 Å². The van der Waals surface area contributed by atoms with Crippen molar-refractivity contribution in [3.63, 3.8) is 0 Å². The first-order valence-electron chi connectivity index (χ1n) is 7.09. The van der Waals surface area contributed by atoms with Gasteiger partial charge in [0.05, 0.1) is 6.20 Å². The summed E-state index contributed by atoms with van der Waals surface area (Å²) in [5.41, 5.74) is 3.67. The molecule has 4 heteroatoms. The van der Waals surface area contributed by atoms with E-state index in [9.17, 15) is 0 Å². The molecule has 0 aliphatic heterocycles. The maximum atomic E-state index is 9.05. The molecule has 0 radical (unpaired) electrons. The Morgan fingerprint density at radius 3 is 2.65 bits per heavy atom. The average Bonchev–Trinajstić information content (AvgIpc) is 2.80. The van der Waals surface area contributed by atoms with E-state index in [0.29, 0.717) is 0 Å². The van der Waals surface area contributed by atoms with Crippen LogP contribution >= 0.6 is 0 Å². The summed E-state index contributed by atoms with van der Waals surface area (Å²) in [5.74, 6) is 0. The molecule has 1 unspecified atom stereocenters. The largest absolute Gasteiger partial charge is 0.396 e. The van der Waals surface area contributed by atoms with Crippen molar-refractivity contribution in [2.75, 3.05) is 6.61 Å². The van der Waals surface area contributed by atoms with Crippen molar-refractivity contribution >= 4 is 0 Å². The number of nitrogens with zero attached hydrogens (tertiary/aromatic N) is 2. The van der Waals surface area contributed by atoms with Gasteiger partial charge in [-0.3, -0.25) is 4.68 Å². The van der Waals surface area contributed by atoms with Crippen LogP contribution in [0.5, 0.6) is 0 Å². The molecule has 0 saturated heterocycles. The minimum Gasteiger partial charge on any atom is -0.396 e. The molecule has 20 heavy (non-hydrogen) atoms. The third-order valence-electron chi connectivity index (χ3n) is 3.73. The molecule has 0 spiro atoms. The summed E-state index contributed by atoms with van der Waals surface area (Å²) in [4.78, 5) is 0. The van der Waals surface area contributed by atoms with Crippen LogP contribution in [-0.4, -0.2) is 21.5 Å². The smallest absolute Gasteiger partial charge is 0.0537 e. The summed E-state index contributed by atoms with van der Waals surface area (Å²) in [6.07, 6.45) is 3.65. The van der Waals surface area contributed by atoms with Gasteiger partial charge in [-0.25, -0.2) is 0 Å². The molecule has 0 fully saturated rings. The molecule has 0 amide bonds. The van der Waals surface area contributed by atoms with Crippen molar-refractivity contribution in [2.24, 2.45) is 7.05 Å². The number of hydrogen-bond acceptors (Lipinski definition) is 3. The lowest BCUT2D eigenvalue weighted by molar-refractivity contribution is 0.275. The van der Waals surface area contributed by atoms with Crippen molar-refractivity contribution in [1.82, 2.24) is 15.1 Å². The summed E-state index contributed by atoms with van der Waals surface area (Å²) in [6.45, 7) is 3.11. The first-order valence-corrected chi connectivity index (χ1v) is 7.09. The second-order valence-corrected chi connectivity index (χ2v) is 5.09. The van der Waals surface area contributed by atoms with Gasteiger partial charge in [-0.05, 0) is 25.3 Å². The molecule has 0 bridgehead atoms. The lowest BCUT2D eigenvalue weighted by atomic mass is 10.0. The summed E-state index contributed by atoms with van der Waals surface area (Å²) >= 11 is 0. The number of benzene rings is 1. The van der Waals surface area contributed by atoms with Crippen LogP contribution < -0.4 is 5.32 Å². The third kappa shape index (κ3) is 3.68. The van der Waals surface area contributed by atoms with E-state index in [0.717, 1.165) is 19.4 Å². The van der Waals surface area contributed by atoms with Gasteiger partial charge in [0.2, 0.25) is 0 Å². The van der Waals surface area contributed by atoms with E-state index >= 15 is 0 Å². The number of hydrogen-bond donors (Lipinski definition) is 2. The van der Waals surface area contributed by atoms with Crippen molar-refractivity contribution in [1.29, 1.82) is 0 Å². The summed E-state index contributed by atoms with van der Waals surface area (Å²) in [5, 5.41) is 16.9. The SMILES string of the molecule is Cc1c(CNC(CCCO)c2ccccc2)cnn1C. The highest BCUT2D eigenvalue weighted by atomic mass is 16.2. The fraction of sp³-hybridized carbons (Fsp3) is 0.438. The number of aliphatic hydroxyl groups excluding tert-OH is 1. The van der Waals surface area contributed by atoms with Crippen LogP contribution in [0, 0.1) is 6.92 Å². The highest BCUT2D eigenvalue weighted by molar-refractivity contribution is 5.20. The van der Waals surface area contributed by atoms with Crippen LogP contribution in [0.1, 0.15) is 35.7 Å². The lowest BCUT2D eigenvalue weighted by Gasteiger charge is -2.19. The van der Waals surface area contributed by atoms with Crippen LogP contribution in [-0.2, 0) is 13.6 Å². The Morgan fingerprint density at radius 1 is 1.30 bits per heavy atom. The molecule has 2 aromatic rings. The Bertz CT molecular complexity index is 522. The van der Waals surface area contributed by atoms with E-state index in [4.69, 9.17) is 5.11 Å². The van der Waals surface area contributed by atoms with Gasteiger partial charge in [0.15, 0.2) is 0 Å². The zero-order valence-electron chi connectivity index (χ0n) is 12.2. The molecule has 4 nitrogen and oxygen atoms in total. The zero-order valence-corrected chi connectivity index (χ0v) is 12.2. The van der Waals surface area contributed by atoms with Crippen LogP contribution in [0.25, 0.3) is 0 Å². The van der Waals surface area contributed by atoms with E-state index in [1.54, 1.807) is 0 Å². The highest BCUT2D eigenvalue weighted by Crippen LogP contribution is 2.19. The second kappa shape index (κ2) is 7.22. The van der Waals surface area contributed by atoms with Crippen LogP contribution in [0.4, 0.5) is 0 Å². The van der Waals surface area contributed by atoms with Gasteiger partial charge in [0.25, 0.3) is 0 Å². The first-order chi connectivity index (χ1) is 9.72. The summed E-state index contributed by atoms with van der Waals surface area (Å²) in [6, 6.07) is 10.7. The van der Waals surface area contributed by atoms with Gasteiger partial charge in [0.1, 0.15) is 0 Å². The summed E-state index contributed by atoms with van der Waals surface area (Å²) < 4.78 is 1.89. The Labute approximate surface area is 120 Å². The first kappa shape index (κ1) is 14.8. The van der Waals surface area contributed by atoms with E-state index < -0.39 is 0 Å². The van der Waals surface area contributed by atoms with Gasteiger partial charge in [-0.2, -0.15) is 5.10 Å². The molecule has 1 atom stereocenters. The monoisotopic (exact) mass is 273 g/mol. The van der Waals surface area contributed by atoms with Crippen LogP contribution in [0.3, 0.4) is 0 Å². The molecular weight excluding hydrogens is 250 g/mol. The number of rotatable bonds is 7. The Kier molecular flexibility index (Phi) is 5.32. The minimum absolute atomic E-state index is 0.233. The molecule has 2 rings (SSSR count). The third-order valence-corrected chi connectivity index (χ3v) is 3.73. The zero-order chi connectivity index (χ0) is 14.4. The van der Waals surface area contributed by atoms with E-state index in [1.165, 1.54) is 16.8 Å². The molecule has 1 aromatic heterocycles. The fourth-order valence-corrected chi connectivity index (χ4v) is 2.32. The maximum absolute atomic E-state index is 9.05. The van der Waals surface area contributed by atoms with Gasteiger partial charge in [-0.1, -0.05) is 30.3 Å². The lowest BCUT2D eigenvalue weighted by Crippen LogP contribution is -2.21. The highest BCUT2D eigenvalue weighted by Gasteiger charge is 2.12. The number of aryl methyl sites for hydroxylation is 1. The second-order valence-electron chi connectivity index (χ2n) is 5.09. The number of aliphatic hydroxyl groups is 1. The predicted molar refractivity (Wildman–Crippen MR) is 80.3 cm³/mol. The molecule has 0 aliphatic rings. The van der Waals surface area contributed by atoms with Gasteiger partial charge < -0.3 is 10.4 Å². The molecule has 1 heterocycles. The van der Waals surface area contributed by atoms with Crippen molar-refractivity contribution < 1.29 is 5.11 Å². The average molecular weight is 273 g/mol. The molecule has 0 aliphatic carbocycles. The topological polar surface area (TPSA) is 50.1 Å². The van der Waals surface area contributed by atoms with Gasteiger partial charge >= 0.3 is 0 Å². The van der Waals surface area contributed by atoms with E-state index in [2.05, 4.69) is 41.6 Å². The standard InChI is InChI=1S/C16H23N3O/c1-13-15(12-18-19(13)2)11-17-16(9-6-10-20)14-7-4-3-5-8-14/h3-5,7-8,12,16-17,20H,6,9-11H2,1-2H3. The fourth-order valence-electron chi connectivity index (χ4n) is 2.32. The number of aromatic nitrogens is 2. The summed E-state index contributed by atoms with van der Waals surface area (Å²) in [7, 11) is 1.96. The Balaban J connectivity index is 2.03. The molecular formula is C16H23N3O. The van der Waals surface area contributed by atoms with E-state index in [-0.39, 0.29) is 12.6 Å². The maximum Gasteiger partial charge on any atom is 0.0537 e. The molecule has 1 aromatic carbocycles. The van der Waals surface area contributed by atoms with Crippen molar-refractivity contribution in [2.45, 2.75) is 32.4 Å². The van der Waals surface area contributed by atoms with Gasteiger partial charge in [-0.15, -0.1) is 0 Å². The van der Waals surface area contributed by atoms with E-state index in [1.807, 2.05) is 24.0 Å². The Morgan fingerprint density at radius 2 is 2.05 bits per heavy atom. The minimum atomic E-state index is 0.233. The van der Waals surface area contributed by atoms with Crippen LogP contribution in [0.2, 0.25) is 0 Å².